The summed E-state index contributed by atoms with van der Waals surface area (Å²) in [6.07, 6.45) is 0. The van der Waals surface area contributed by atoms with Gasteiger partial charge in [-0.2, -0.15) is 0 Å². The van der Waals surface area contributed by atoms with E-state index in [0.29, 0.717) is 17.0 Å². The summed E-state index contributed by atoms with van der Waals surface area (Å²) in [6, 6.07) is 23.5. The quantitative estimate of drug-likeness (QED) is 0.414. The van der Waals surface area contributed by atoms with E-state index in [1.807, 2.05) is 92.0 Å². The molecule has 1 N–H and O–H groups in total. The maximum absolute atomic E-state index is 13.6. The molecule has 4 aromatic rings. The molecule has 5 heteroatoms. The van der Waals surface area contributed by atoms with Gasteiger partial charge in [-0.05, 0) is 53.9 Å². The number of rotatable bonds is 4. The average Bonchev–Trinajstić information content (AvgIpc) is 3.37. The fourth-order valence-corrected chi connectivity index (χ4v) is 4.71. The predicted molar refractivity (Wildman–Crippen MR) is 127 cm³/mol. The van der Waals surface area contributed by atoms with Gasteiger partial charge in [0.25, 0.3) is 11.8 Å². The Bertz CT molecular complexity index is 1360. The summed E-state index contributed by atoms with van der Waals surface area (Å²) in [5.41, 5.74) is 4.02. The molecule has 3 aromatic carbocycles. The van der Waals surface area contributed by atoms with Crippen LogP contribution >= 0.6 is 11.3 Å². The van der Waals surface area contributed by atoms with Crippen LogP contribution in [0.3, 0.4) is 0 Å². The van der Waals surface area contributed by atoms with Crippen molar-refractivity contribution in [3.8, 4) is 0 Å². The first-order chi connectivity index (χ1) is 15.0. The fraction of sp³-hybridized carbons (Fsp3) is 0.0769. The molecule has 0 saturated heterocycles. The van der Waals surface area contributed by atoms with Crippen LogP contribution in [-0.2, 0) is 9.59 Å². The second-order valence-electron chi connectivity index (χ2n) is 7.61. The highest BCUT2D eigenvalue weighted by atomic mass is 32.1. The molecule has 1 aliphatic heterocycles. The second kappa shape index (κ2) is 7.52. The first kappa shape index (κ1) is 19.3. The first-order valence-electron chi connectivity index (χ1n) is 10.0. The van der Waals surface area contributed by atoms with Crippen molar-refractivity contribution >= 4 is 50.9 Å². The van der Waals surface area contributed by atoms with E-state index in [4.69, 9.17) is 0 Å². The zero-order valence-corrected chi connectivity index (χ0v) is 18.0. The Hall–Kier alpha value is -3.70. The largest absolute Gasteiger partial charge is 0.350 e. The lowest BCUT2D eigenvalue weighted by Gasteiger charge is -2.18. The standard InChI is InChI=1S/C26H20N2O2S/c1-16-12-13-17(2)21(15-16)28-25(29)23(22-11-6-14-31-22)24(26(28)30)27-20-10-5-8-18-7-3-4-9-19(18)20/h3-15,27H,1-2H3. The Labute approximate surface area is 184 Å². The van der Waals surface area contributed by atoms with Gasteiger partial charge in [-0.25, -0.2) is 4.90 Å². The number of fused-ring (bicyclic) bond motifs is 1. The molecule has 2 heterocycles. The zero-order valence-electron chi connectivity index (χ0n) is 17.2. The van der Waals surface area contributed by atoms with Crippen LogP contribution in [0.15, 0.2) is 83.9 Å². The van der Waals surface area contributed by atoms with Crippen LogP contribution in [0.2, 0.25) is 0 Å². The van der Waals surface area contributed by atoms with E-state index in [1.165, 1.54) is 16.2 Å². The molecular formula is C26H20N2O2S. The SMILES string of the molecule is Cc1ccc(C)c(N2C(=O)C(Nc3cccc4ccccc34)=C(c3cccs3)C2=O)c1. The lowest BCUT2D eigenvalue weighted by Crippen LogP contribution is -2.33. The first-order valence-corrected chi connectivity index (χ1v) is 10.9. The maximum Gasteiger partial charge on any atom is 0.282 e. The van der Waals surface area contributed by atoms with Crippen molar-refractivity contribution in [2.75, 3.05) is 10.2 Å². The molecule has 0 radical (unpaired) electrons. The van der Waals surface area contributed by atoms with Crippen LogP contribution in [0.4, 0.5) is 11.4 Å². The van der Waals surface area contributed by atoms with Gasteiger partial charge in [-0.1, -0.05) is 54.6 Å². The highest BCUT2D eigenvalue weighted by molar-refractivity contribution is 7.11. The number of hydrogen-bond donors (Lipinski definition) is 1. The summed E-state index contributed by atoms with van der Waals surface area (Å²) in [6.45, 7) is 3.87. The Morgan fingerprint density at radius 2 is 1.65 bits per heavy atom. The van der Waals surface area contributed by atoms with Crippen LogP contribution in [0, 0.1) is 13.8 Å². The zero-order chi connectivity index (χ0) is 21.5. The second-order valence-corrected chi connectivity index (χ2v) is 8.56. The van der Waals surface area contributed by atoms with Gasteiger partial charge >= 0.3 is 0 Å². The van der Waals surface area contributed by atoms with Crippen LogP contribution in [-0.4, -0.2) is 11.8 Å². The third-order valence-corrected chi connectivity index (χ3v) is 6.39. The van der Waals surface area contributed by atoms with E-state index in [9.17, 15) is 9.59 Å². The van der Waals surface area contributed by atoms with E-state index in [2.05, 4.69) is 5.32 Å². The van der Waals surface area contributed by atoms with E-state index in [1.54, 1.807) is 0 Å². The number of nitrogens with one attached hydrogen (secondary N) is 1. The number of anilines is 2. The third kappa shape index (κ3) is 3.23. The van der Waals surface area contributed by atoms with E-state index in [0.717, 1.165) is 32.5 Å². The minimum atomic E-state index is -0.338. The van der Waals surface area contributed by atoms with Crippen LogP contribution in [0.5, 0.6) is 0 Å². The number of carbonyl (C=O) groups excluding carboxylic acids is 2. The topological polar surface area (TPSA) is 49.4 Å². The Balaban J connectivity index is 1.66. The Morgan fingerprint density at radius 3 is 2.45 bits per heavy atom. The molecule has 0 atom stereocenters. The summed E-state index contributed by atoms with van der Waals surface area (Å²) in [7, 11) is 0. The van der Waals surface area contributed by atoms with Crippen molar-refractivity contribution in [2.24, 2.45) is 0 Å². The molecule has 152 valence electrons. The fourth-order valence-electron chi connectivity index (χ4n) is 3.94. The highest BCUT2D eigenvalue weighted by Gasteiger charge is 2.41. The number of hydrogen-bond acceptors (Lipinski definition) is 4. The van der Waals surface area contributed by atoms with Crippen molar-refractivity contribution in [3.05, 3.63) is 99.9 Å². The molecule has 2 amide bonds. The summed E-state index contributed by atoms with van der Waals surface area (Å²) in [4.78, 5) is 29.2. The summed E-state index contributed by atoms with van der Waals surface area (Å²) < 4.78 is 0. The Kier molecular flexibility index (Phi) is 4.68. The van der Waals surface area contributed by atoms with E-state index in [-0.39, 0.29) is 11.8 Å². The van der Waals surface area contributed by atoms with E-state index >= 15 is 0 Å². The number of aryl methyl sites for hydroxylation is 2. The van der Waals surface area contributed by atoms with Crippen molar-refractivity contribution < 1.29 is 9.59 Å². The smallest absolute Gasteiger partial charge is 0.282 e. The van der Waals surface area contributed by atoms with Gasteiger partial charge in [-0.3, -0.25) is 9.59 Å². The lowest BCUT2D eigenvalue weighted by molar-refractivity contribution is -0.120. The molecule has 5 rings (SSSR count). The molecule has 0 spiro atoms. The number of carbonyl (C=O) groups is 2. The van der Waals surface area contributed by atoms with Crippen molar-refractivity contribution in [1.29, 1.82) is 0 Å². The van der Waals surface area contributed by atoms with Crippen molar-refractivity contribution in [1.82, 2.24) is 0 Å². The molecule has 0 fully saturated rings. The third-order valence-electron chi connectivity index (χ3n) is 5.51. The summed E-state index contributed by atoms with van der Waals surface area (Å²) >= 11 is 1.45. The number of amides is 2. The highest BCUT2D eigenvalue weighted by Crippen LogP contribution is 2.37. The lowest BCUT2D eigenvalue weighted by atomic mass is 10.1. The minimum absolute atomic E-state index is 0.302. The molecule has 1 aliphatic rings. The molecule has 0 bridgehead atoms. The van der Waals surface area contributed by atoms with Gasteiger partial charge in [0, 0.05) is 16.0 Å². The van der Waals surface area contributed by atoms with Gasteiger partial charge in [0.1, 0.15) is 5.70 Å². The van der Waals surface area contributed by atoms with E-state index < -0.39 is 0 Å². The number of thiophene rings is 1. The average molecular weight is 425 g/mol. The molecule has 31 heavy (non-hydrogen) atoms. The van der Waals surface area contributed by atoms with Gasteiger partial charge in [-0.15, -0.1) is 11.3 Å². The minimum Gasteiger partial charge on any atom is -0.350 e. The number of nitrogens with zero attached hydrogens (tertiary/aromatic N) is 1. The summed E-state index contributed by atoms with van der Waals surface area (Å²) in [5.74, 6) is -0.640. The molecule has 0 saturated carbocycles. The predicted octanol–water partition coefficient (Wildman–Crippen LogP) is 5.91. The van der Waals surface area contributed by atoms with Gasteiger partial charge in [0.15, 0.2) is 0 Å². The normalized spacial score (nSPS) is 14.1. The van der Waals surface area contributed by atoms with Crippen molar-refractivity contribution in [2.45, 2.75) is 13.8 Å². The maximum atomic E-state index is 13.6. The van der Waals surface area contributed by atoms with Crippen LogP contribution in [0.1, 0.15) is 16.0 Å². The molecule has 1 aromatic heterocycles. The van der Waals surface area contributed by atoms with Gasteiger partial charge < -0.3 is 5.32 Å². The molecule has 0 aliphatic carbocycles. The number of benzene rings is 3. The van der Waals surface area contributed by atoms with Gasteiger partial charge in [0.05, 0.1) is 11.3 Å². The van der Waals surface area contributed by atoms with Gasteiger partial charge in [0.2, 0.25) is 0 Å². The molecular weight excluding hydrogens is 404 g/mol. The summed E-state index contributed by atoms with van der Waals surface area (Å²) in [5, 5.41) is 7.28. The molecule has 4 nitrogen and oxygen atoms in total. The van der Waals surface area contributed by atoms with Crippen LogP contribution in [0.25, 0.3) is 16.3 Å². The van der Waals surface area contributed by atoms with Crippen molar-refractivity contribution in [3.63, 3.8) is 0 Å². The Morgan fingerprint density at radius 1 is 0.839 bits per heavy atom. The molecule has 0 unspecified atom stereocenters. The monoisotopic (exact) mass is 424 g/mol. The van der Waals surface area contributed by atoms with Crippen LogP contribution < -0.4 is 10.2 Å². The number of imide groups is 1.